The molecule has 1 aromatic heterocycles. The third kappa shape index (κ3) is 6.60. The fourth-order valence-electron chi connectivity index (χ4n) is 1.78. The molecule has 1 heterocycles. The van der Waals surface area contributed by atoms with Gasteiger partial charge in [0.2, 0.25) is 5.91 Å². The van der Waals surface area contributed by atoms with E-state index >= 15 is 0 Å². The van der Waals surface area contributed by atoms with Gasteiger partial charge in [-0.3, -0.25) is 4.79 Å². The van der Waals surface area contributed by atoms with Gasteiger partial charge in [-0.15, -0.1) is 0 Å². The Morgan fingerprint density at radius 1 is 1.23 bits per heavy atom. The second-order valence-corrected chi connectivity index (χ2v) is 6.11. The predicted octanol–water partition coefficient (Wildman–Crippen LogP) is 2.21. The number of alkyl carbamates (subject to hydrolysis) is 1. The molecule has 0 aromatic carbocycles. The summed E-state index contributed by atoms with van der Waals surface area (Å²) in [6.45, 7) is 9.85. The van der Waals surface area contributed by atoms with Gasteiger partial charge in [-0.05, 0) is 41.0 Å². The standard InChI is InChI=1S/C15H25N3O4/c1-10-12(11(2)22-18-10)9-17-13(19)7-6-8-16-14(20)21-15(3,4)5/h6-9H2,1-5H3,(H,16,20)(H,17,19). The maximum Gasteiger partial charge on any atom is 0.407 e. The normalized spacial score (nSPS) is 11.1. The number of rotatable bonds is 6. The maximum atomic E-state index is 11.7. The van der Waals surface area contributed by atoms with Gasteiger partial charge >= 0.3 is 6.09 Å². The first-order chi connectivity index (χ1) is 10.2. The van der Waals surface area contributed by atoms with Gasteiger partial charge in [-0.2, -0.15) is 0 Å². The zero-order chi connectivity index (χ0) is 16.8. The molecule has 0 atom stereocenters. The zero-order valence-corrected chi connectivity index (χ0v) is 13.9. The van der Waals surface area contributed by atoms with Gasteiger partial charge < -0.3 is 19.9 Å². The van der Waals surface area contributed by atoms with Crippen LogP contribution >= 0.6 is 0 Å². The number of hydrogen-bond donors (Lipinski definition) is 2. The molecule has 0 saturated carbocycles. The smallest absolute Gasteiger partial charge is 0.407 e. The number of aromatic nitrogens is 1. The third-order valence-electron chi connectivity index (χ3n) is 2.89. The molecular weight excluding hydrogens is 286 g/mol. The molecule has 124 valence electrons. The molecule has 1 rings (SSSR count). The van der Waals surface area contributed by atoms with E-state index in [0.29, 0.717) is 31.7 Å². The van der Waals surface area contributed by atoms with Gasteiger partial charge in [0.25, 0.3) is 0 Å². The van der Waals surface area contributed by atoms with Crippen LogP contribution in [0.4, 0.5) is 4.79 Å². The lowest BCUT2D eigenvalue weighted by Crippen LogP contribution is -2.33. The Kier molecular flexibility index (Phi) is 6.39. The topological polar surface area (TPSA) is 93.5 Å². The van der Waals surface area contributed by atoms with Crippen LogP contribution in [0.1, 0.15) is 50.6 Å². The van der Waals surface area contributed by atoms with Crippen LogP contribution in [0.3, 0.4) is 0 Å². The summed E-state index contributed by atoms with van der Waals surface area (Å²) in [5, 5.41) is 9.26. The van der Waals surface area contributed by atoms with Crippen molar-refractivity contribution in [1.82, 2.24) is 15.8 Å². The summed E-state index contributed by atoms with van der Waals surface area (Å²) in [6, 6.07) is 0. The number of ether oxygens (including phenoxy) is 1. The van der Waals surface area contributed by atoms with E-state index in [1.165, 1.54) is 0 Å². The largest absolute Gasteiger partial charge is 0.444 e. The minimum absolute atomic E-state index is 0.0778. The molecule has 0 aliphatic carbocycles. The van der Waals surface area contributed by atoms with E-state index in [1.54, 1.807) is 20.8 Å². The Hall–Kier alpha value is -2.05. The average molecular weight is 311 g/mol. The van der Waals surface area contributed by atoms with E-state index < -0.39 is 11.7 Å². The predicted molar refractivity (Wildman–Crippen MR) is 81.3 cm³/mol. The first-order valence-corrected chi connectivity index (χ1v) is 7.34. The van der Waals surface area contributed by atoms with Crippen LogP contribution in [0.15, 0.2) is 4.52 Å². The second kappa shape index (κ2) is 7.82. The van der Waals surface area contributed by atoms with Gasteiger partial charge in [0.05, 0.1) is 5.69 Å². The zero-order valence-electron chi connectivity index (χ0n) is 13.9. The van der Waals surface area contributed by atoms with Gasteiger partial charge in [0.1, 0.15) is 11.4 Å². The maximum absolute atomic E-state index is 11.7. The molecular formula is C15H25N3O4. The van der Waals surface area contributed by atoms with Crippen LogP contribution in [0.5, 0.6) is 0 Å². The summed E-state index contributed by atoms with van der Waals surface area (Å²) in [7, 11) is 0. The van der Waals surface area contributed by atoms with Crippen LogP contribution in [0.2, 0.25) is 0 Å². The van der Waals surface area contributed by atoms with E-state index in [1.807, 2.05) is 13.8 Å². The quantitative estimate of drug-likeness (QED) is 0.786. The highest BCUT2D eigenvalue weighted by Crippen LogP contribution is 2.11. The van der Waals surface area contributed by atoms with Crippen molar-refractivity contribution in [2.75, 3.05) is 6.54 Å². The molecule has 0 unspecified atom stereocenters. The molecule has 0 saturated heterocycles. The Labute approximate surface area is 130 Å². The van der Waals surface area contributed by atoms with E-state index in [9.17, 15) is 9.59 Å². The van der Waals surface area contributed by atoms with E-state index in [-0.39, 0.29) is 5.91 Å². The summed E-state index contributed by atoms with van der Waals surface area (Å²) in [5.74, 6) is 0.635. The first kappa shape index (κ1) is 18.0. The Bertz CT molecular complexity index is 498. The average Bonchev–Trinajstić information content (AvgIpc) is 2.70. The van der Waals surface area contributed by atoms with Crippen molar-refractivity contribution in [3.63, 3.8) is 0 Å². The molecule has 0 aliphatic rings. The molecule has 0 fully saturated rings. The number of amides is 2. The highest BCUT2D eigenvalue weighted by molar-refractivity contribution is 5.76. The van der Waals surface area contributed by atoms with Crippen molar-refractivity contribution in [2.45, 2.75) is 59.6 Å². The lowest BCUT2D eigenvalue weighted by atomic mass is 10.2. The molecule has 2 N–H and O–H groups in total. The summed E-state index contributed by atoms with van der Waals surface area (Å²) in [6.07, 6.45) is 0.412. The SMILES string of the molecule is Cc1noc(C)c1CNC(=O)CCCNC(=O)OC(C)(C)C. The van der Waals surface area contributed by atoms with Crippen LogP contribution in [0, 0.1) is 13.8 Å². The first-order valence-electron chi connectivity index (χ1n) is 7.34. The number of carbonyl (C=O) groups is 2. The van der Waals surface area contributed by atoms with Gasteiger partial charge in [-0.1, -0.05) is 5.16 Å². The molecule has 0 aliphatic heterocycles. The molecule has 0 radical (unpaired) electrons. The van der Waals surface area contributed by atoms with Crippen molar-refractivity contribution in [2.24, 2.45) is 0 Å². The Balaban J connectivity index is 2.18. The second-order valence-electron chi connectivity index (χ2n) is 6.11. The van der Waals surface area contributed by atoms with Crippen molar-refractivity contribution in [3.8, 4) is 0 Å². The van der Waals surface area contributed by atoms with Crippen LogP contribution < -0.4 is 10.6 Å². The summed E-state index contributed by atoms with van der Waals surface area (Å²) < 4.78 is 10.1. The minimum Gasteiger partial charge on any atom is -0.444 e. The monoisotopic (exact) mass is 311 g/mol. The van der Waals surface area contributed by atoms with Gasteiger partial charge in [0.15, 0.2) is 0 Å². The van der Waals surface area contributed by atoms with Crippen molar-refractivity contribution < 1.29 is 18.8 Å². The molecule has 7 nitrogen and oxygen atoms in total. The highest BCUT2D eigenvalue weighted by Gasteiger charge is 2.15. The lowest BCUT2D eigenvalue weighted by Gasteiger charge is -2.19. The number of aryl methyl sites for hydroxylation is 2. The minimum atomic E-state index is -0.518. The molecule has 22 heavy (non-hydrogen) atoms. The summed E-state index contributed by atoms with van der Waals surface area (Å²) in [4.78, 5) is 23.1. The molecule has 0 spiro atoms. The number of carbonyl (C=O) groups excluding carboxylic acids is 2. The van der Waals surface area contributed by atoms with E-state index in [2.05, 4.69) is 15.8 Å². The van der Waals surface area contributed by atoms with Gasteiger partial charge in [0, 0.05) is 25.1 Å². The van der Waals surface area contributed by atoms with Crippen molar-refractivity contribution in [1.29, 1.82) is 0 Å². The number of nitrogens with zero attached hydrogens (tertiary/aromatic N) is 1. The molecule has 0 bridgehead atoms. The van der Waals surface area contributed by atoms with Crippen LogP contribution in [-0.4, -0.2) is 29.3 Å². The fourth-order valence-corrected chi connectivity index (χ4v) is 1.78. The van der Waals surface area contributed by atoms with Gasteiger partial charge in [-0.25, -0.2) is 4.79 Å². The Morgan fingerprint density at radius 2 is 1.91 bits per heavy atom. The Morgan fingerprint density at radius 3 is 2.45 bits per heavy atom. The lowest BCUT2D eigenvalue weighted by molar-refractivity contribution is -0.121. The summed E-state index contributed by atoms with van der Waals surface area (Å²) >= 11 is 0. The number of nitrogens with one attached hydrogen (secondary N) is 2. The third-order valence-corrected chi connectivity index (χ3v) is 2.89. The molecule has 1 aromatic rings. The molecule has 2 amide bonds. The highest BCUT2D eigenvalue weighted by atomic mass is 16.6. The van der Waals surface area contributed by atoms with Crippen LogP contribution in [0.25, 0.3) is 0 Å². The van der Waals surface area contributed by atoms with Crippen LogP contribution in [-0.2, 0) is 16.1 Å². The fraction of sp³-hybridized carbons (Fsp3) is 0.667. The van der Waals surface area contributed by atoms with E-state index in [0.717, 1.165) is 11.3 Å². The number of hydrogen-bond acceptors (Lipinski definition) is 5. The van der Waals surface area contributed by atoms with E-state index in [4.69, 9.17) is 9.26 Å². The summed E-state index contributed by atoms with van der Waals surface area (Å²) in [5.41, 5.74) is 1.17. The molecule has 7 heteroatoms. The van der Waals surface area contributed by atoms with Crippen molar-refractivity contribution in [3.05, 3.63) is 17.0 Å². The van der Waals surface area contributed by atoms with Crippen molar-refractivity contribution >= 4 is 12.0 Å².